The van der Waals surface area contributed by atoms with Gasteiger partial charge >= 0.3 is 0 Å². The molecule has 0 nitrogen and oxygen atoms in total. The first-order chi connectivity index (χ1) is 4.95. The quantitative estimate of drug-likeness (QED) is 0.447. The van der Waals surface area contributed by atoms with Gasteiger partial charge in [0.1, 0.15) is 0 Å². The van der Waals surface area contributed by atoms with Gasteiger partial charge < -0.3 is 0 Å². The normalized spacial score (nSPS) is 31.2. The fraction of sp³-hybridized carbons (Fsp3) is 0.600. The SMILES string of the molecule is C1=CC2C=C(CC1)CCC2. The van der Waals surface area contributed by atoms with Crippen LogP contribution in [0.1, 0.15) is 32.1 Å². The summed E-state index contributed by atoms with van der Waals surface area (Å²) < 4.78 is 0. The number of allylic oxidation sites excluding steroid dienone is 4. The van der Waals surface area contributed by atoms with Crippen LogP contribution in [0.5, 0.6) is 0 Å². The van der Waals surface area contributed by atoms with E-state index in [2.05, 4.69) is 18.2 Å². The van der Waals surface area contributed by atoms with Gasteiger partial charge in [-0.2, -0.15) is 0 Å². The molecule has 2 bridgehead atoms. The average molecular weight is 134 g/mol. The average Bonchev–Trinajstić information content (AvgIpc) is 2.12. The van der Waals surface area contributed by atoms with Gasteiger partial charge in [-0.3, -0.25) is 0 Å². The topological polar surface area (TPSA) is 0 Å². The van der Waals surface area contributed by atoms with Gasteiger partial charge in [-0.1, -0.05) is 23.8 Å². The van der Waals surface area contributed by atoms with Gasteiger partial charge in [-0.05, 0) is 38.0 Å². The fourth-order valence-electron chi connectivity index (χ4n) is 1.93. The van der Waals surface area contributed by atoms with Crippen molar-refractivity contribution in [3.05, 3.63) is 23.8 Å². The highest BCUT2D eigenvalue weighted by atomic mass is 14.2. The van der Waals surface area contributed by atoms with Crippen molar-refractivity contribution in [1.29, 1.82) is 0 Å². The lowest BCUT2D eigenvalue weighted by Crippen LogP contribution is -1.99. The van der Waals surface area contributed by atoms with Crippen LogP contribution in [0.4, 0.5) is 0 Å². The van der Waals surface area contributed by atoms with E-state index in [-0.39, 0.29) is 0 Å². The van der Waals surface area contributed by atoms with E-state index in [1.54, 1.807) is 5.57 Å². The molecule has 0 fully saturated rings. The lowest BCUT2D eigenvalue weighted by atomic mass is 9.91. The standard InChI is InChI=1S/C10H14/c1-2-5-10-7-3-6-9(4-1)8-10/h1,4,8-9H,2-3,5-7H2. The Morgan fingerprint density at radius 3 is 3.30 bits per heavy atom. The Hall–Kier alpha value is -0.520. The Kier molecular flexibility index (Phi) is 1.62. The maximum atomic E-state index is 2.48. The summed E-state index contributed by atoms with van der Waals surface area (Å²) in [5.41, 5.74) is 1.71. The predicted molar refractivity (Wildman–Crippen MR) is 43.8 cm³/mol. The molecule has 0 heterocycles. The van der Waals surface area contributed by atoms with E-state index in [0.717, 1.165) is 5.92 Å². The molecule has 1 unspecified atom stereocenters. The highest BCUT2D eigenvalue weighted by Crippen LogP contribution is 2.29. The molecule has 2 aliphatic carbocycles. The first-order valence-electron chi connectivity index (χ1n) is 4.31. The molecule has 0 N–H and O–H groups in total. The van der Waals surface area contributed by atoms with E-state index >= 15 is 0 Å². The van der Waals surface area contributed by atoms with Crippen molar-refractivity contribution in [2.75, 3.05) is 0 Å². The Morgan fingerprint density at radius 2 is 2.30 bits per heavy atom. The van der Waals surface area contributed by atoms with Gasteiger partial charge in [0.15, 0.2) is 0 Å². The zero-order valence-electron chi connectivity index (χ0n) is 6.34. The highest BCUT2D eigenvalue weighted by molar-refractivity contribution is 5.16. The van der Waals surface area contributed by atoms with E-state index in [9.17, 15) is 0 Å². The number of hydrogen-bond acceptors (Lipinski definition) is 0. The lowest BCUT2D eigenvalue weighted by Gasteiger charge is -2.15. The second-order valence-electron chi connectivity index (χ2n) is 3.35. The molecule has 2 aliphatic rings. The smallest absolute Gasteiger partial charge is 0.00507 e. The van der Waals surface area contributed by atoms with Crippen molar-refractivity contribution in [2.45, 2.75) is 32.1 Å². The van der Waals surface area contributed by atoms with E-state index < -0.39 is 0 Å². The zero-order chi connectivity index (χ0) is 6.81. The van der Waals surface area contributed by atoms with Crippen molar-refractivity contribution in [3.63, 3.8) is 0 Å². The van der Waals surface area contributed by atoms with Gasteiger partial charge in [0, 0.05) is 0 Å². The number of hydrogen-bond donors (Lipinski definition) is 0. The van der Waals surface area contributed by atoms with Crippen LogP contribution >= 0.6 is 0 Å². The van der Waals surface area contributed by atoms with Crippen LogP contribution in [-0.4, -0.2) is 0 Å². The van der Waals surface area contributed by atoms with Crippen LogP contribution in [0.15, 0.2) is 23.8 Å². The van der Waals surface area contributed by atoms with Crippen molar-refractivity contribution >= 4 is 0 Å². The summed E-state index contributed by atoms with van der Waals surface area (Å²) in [6.45, 7) is 0. The molecule has 1 atom stereocenters. The maximum absolute atomic E-state index is 2.48. The number of fused-ring (bicyclic) bond motifs is 1. The van der Waals surface area contributed by atoms with Crippen molar-refractivity contribution < 1.29 is 0 Å². The van der Waals surface area contributed by atoms with Gasteiger partial charge in [0.05, 0.1) is 0 Å². The van der Waals surface area contributed by atoms with E-state index in [4.69, 9.17) is 0 Å². The van der Waals surface area contributed by atoms with Crippen LogP contribution in [-0.2, 0) is 0 Å². The monoisotopic (exact) mass is 134 g/mol. The maximum Gasteiger partial charge on any atom is -0.00507 e. The third-order valence-electron chi connectivity index (χ3n) is 2.50. The molecule has 0 aromatic carbocycles. The first-order valence-corrected chi connectivity index (χ1v) is 4.31. The molecule has 0 spiro atoms. The third kappa shape index (κ3) is 1.16. The molecule has 0 saturated carbocycles. The van der Waals surface area contributed by atoms with Crippen LogP contribution < -0.4 is 0 Å². The second-order valence-corrected chi connectivity index (χ2v) is 3.35. The molecule has 0 aromatic rings. The molecule has 0 aliphatic heterocycles. The van der Waals surface area contributed by atoms with E-state index in [1.807, 2.05) is 0 Å². The lowest BCUT2D eigenvalue weighted by molar-refractivity contribution is 0.606. The van der Waals surface area contributed by atoms with Crippen LogP contribution in [0, 0.1) is 5.92 Å². The Balaban J connectivity index is 2.20. The summed E-state index contributed by atoms with van der Waals surface area (Å²) >= 11 is 0. The molecule has 2 rings (SSSR count). The molecule has 10 heavy (non-hydrogen) atoms. The summed E-state index contributed by atoms with van der Waals surface area (Å²) in [6.07, 6.45) is 14.0. The van der Waals surface area contributed by atoms with Gasteiger partial charge in [0.2, 0.25) is 0 Å². The van der Waals surface area contributed by atoms with Crippen LogP contribution in [0.25, 0.3) is 0 Å². The third-order valence-corrected chi connectivity index (χ3v) is 2.50. The zero-order valence-corrected chi connectivity index (χ0v) is 6.34. The predicted octanol–water partition coefficient (Wildman–Crippen LogP) is 3.06. The van der Waals surface area contributed by atoms with E-state index in [0.29, 0.717) is 0 Å². The Labute approximate surface area is 62.6 Å². The van der Waals surface area contributed by atoms with Gasteiger partial charge in [-0.15, -0.1) is 0 Å². The fourth-order valence-corrected chi connectivity index (χ4v) is 1.93. The van der Waals surface area contributed by atoms with Crippen molar-refractivity contribution in [1.82, 2.24) is 0 Å². The minimum atomic E-state index is 0.797. The molecule has 0 heteroatoms. The Morgan fingerprint density at radius 1 is 1.30 bits per heavy atom. The van der Waals surface area contributed by atoms with E-state index in [1.165, 1.54) is 32.1 Å². The number of rotatable bonds is 0. The minimum Gasteiger partial charge on any atom is -0.0876 e. The van der Waals surface area contributed by atoms with Crippen molar-refractivity contribution in [3.8, 4) is 0 Å². The Bertz CT molecular complexity index is 174. The van der Waals surface area contributed by atoms with Gasteiger partial charge in [0.25, 0.3) is 0 Å². The molecule has 0 radical (unpaired) electrons. The summed E-state index contributed by atoms with van der Waals surface area (Å²) in [5.74, 6) is 0.797. The molecule has 54 valence electrons. The summed E-state index contributed by atoms with van der Waals surface area (Å²) in [7, 11) is 0. The summed E-state index contributed by atoms with van der Waals surface area (Å²) in [4.78, 5) is 0. The van der Waals surface area contributed by atoms with Gasteiger partial charge in [-0.25, -0.2) is 0 Å². The molecule has 0 aromatic heterocycles. The second kappa shape index (κ2) is 2.61. The van der Waals surface area contributed by atoms with Crippen molar-refractivity contribution in [2.24, 2.45) is 5.92 Å². The molecular formula is C10H14. The molecule has 0 saturated heterocycles. The summed E-state index contributed by atoms with van der Waals surface area (Å²) in [5, 5.41) is 0. The molecule has 0 amide bonds. The van der Waals surface area contributed by atoms with Crippen LogP contribution in [0.2, 0.25) is 0 Å². The van der Waals surface area contributed by atoms with Crippen LogP contribution in [0.3, 0.4) is 0 Å². The minimum absolute atomic E-state index is 0.797. The molecular weight excluding hydrogens is 120 g/mol. The summed E-state index contributed by atoms with van der Waals surface area (Å²) in [6, 6.07) is 0. The highest BCUT2D eigenvalue weighted by Gasteiger charge is 2.12. The first kappa shape index (κ1) is 6.21. The largest absolute Gasteiger partial charge is 0.0876 e.